The number of ether oxygens (including phenoxy) is 1. The summed E-state index contributed by atoms with van der Waals surface area (Å²) in [6.07, 6.45) is 3.08. The highest BCUT2D eigenvalue weighted by atomic mass is 16.5. The van der Waals surface area contributed by atoms with Crippen LogP contribution in [0.4, 0.5) is 0 Å². The Morgan fingerprint density at radius 3 is 2.40 bits per heavy atom. The van der Waals surface area contributed by atoms with Crippen molar-refractivity contribution in [2.45, 2.75) is 58.6 Å². The van der Waals surface area contributed by atoms with Crippen LogP contribution in [0.2, 0.25) is 0 Å². The van der Waals surface area contributed by atoms with E-state index >= 15 is 0 Å². The van der Waals surface area contributed by atoms with E-state index in [2.05, 4.69) is 20.3 Å². The second-order valence-corrected chi connectivity index (χ2v) is 8.00. The van der Waals surface area contributed by atoms with E-state index in [1.807, 2.05) is 51.1 Å². The second kappa shape index (κ2) is 8.26. The molecule has 1 fully saturated rings. The number of nitrogens with zero attached hydrogens (tertiary/aromatic N) is 2. The van der Waals surface area contributed by atoms with Gasteiger partial charge in [-0.25, -0.2) is 9.97 Å². The zero-order valence-corrected chi connectivity index (χ0v) is 17.5. The summed E-state index contributed by atoms with van der Waals surface area (Å²) in [5, 5.41) is 3.69. The Morgan fingerprint density at radius 1 is 1.03 bits per heavy atom. The van der Waals surface area contributed by atoms with E-state index in [1.54, 1.807) is 0 Å². The van der Waals surface area contributed by atoms with Crippen molar-refractivity contribution < 1.29 is 14.3 Å². The number of nitrogens with one attached hydrogen (secondary N) is 2. The number of benzene rings is 1. The van der Waals surface area contributed by atoms with Gasteiger partial charge in [0.25, 0.3) is 11.7 Å². The van der Waals surface area contributed by atoms with Crippen LogP contribution in [-0.4, -0.2) is 38.8 Å². The summed E-state index contributed by atoms with van der Waals surface area (Å²) >= 11 is 0. The van der Waals surface area contributed by atoms with E-state index in [9.17, 15) is 9.59 Å². The first-order valence-corrected chi connectivity index (χ1v) is 10.3. The van der Waals surface area contributed by atoms with Crippen LogP contribution < -0.4 is 10.1 Å². The number of aromatic nitrogens is 3. The Labute approximate surface area is 175 Å². The smallest absolute Gasteiger partial charge is 0.317 e. The van der Waals surface area contributed by atoms with Gasteiger partial charge in [0.05, 0.1) is 5.56 Å². The summed E-state index contributed by atoms with van der Waals surface area (Å²) < 4.78 is 5.93. The van der Waals surface area contributed by atoms with Gasteiger partial charge < -0.3 is 15.0 Å². The van der Waals surface area contributed by atoms with Crippen molar-refractivity contribution >= 4 is 22.6 Å². The summed E-state index contributed by atoms with van der Waals surface area (Å²) in [4.78, 5) is 37.3. The van der Waals surface area contributed by atoms with Crippen LogP contribution in [0.25, 0.3) is 10.9 Å². The molecule has 1 amide bonds. The van der Waals surface area contributed by atoms with E-state index in [0.717, 1.165) is 48.0 Å². The molecule has 3 aromatic rings. The lowest BCUT2D eigenvalue weighted by Gasteiger charge is -2.28. The number of hydrogen-bond donors (Lipinski definition) is 2. The molecule has 0 saturated heterocycles. The molecule has 0 unspecified atom stereocenters. The Hall–Kier alpha value is -3.22. The number of H-pyrrole nitrogens is 1. The molecule has 1 aliphatic carbocycles. The molecule has 0 radical (unpaired) electrons. The van der Waals surface area contributed by atoms with Crippen LogP contribution in [0.1, 0.15) is 53.1 Å². The highest BCUT2D eigenvalue weighted by Crippen LogP contribution is 2.24. The fourth-order valence-electron chi connectivity index (χ4n) is 4.15. The van der Waals surface area contributed by atoms with Crippen molar-refractivity contribution in [2.24, 2.45) is 0 Å². The molecule has 2 heterocycles. The minimum absolute atomic E-state index is 0.0194. The van der Waals surface area contributed by atoms with Gasteiger partial charge in [-0.15, -0.1) is 0 Å². The van der Waals surface area contributed by atoms with Gasteiger partial charge in [0.2, 0.25) is 0 Å². The first-order valence-electron chi connectivity index (χ1n) is 10.3. The summed E-state index contributed by atoms with van der Waals surface area (Å²) in [6.45, 7) is 5.65. The topological polar surface area (TPSA) is 97.0 Å². The van der Waals surface area contributed by atoms with Gasteiger partial charge in [-0.2, -0.15) is 0 Å². The highest BCUT2D eigenvalue weighted by Gasteiger charge is 2.28. The number of para-hydroxylation sites is 1. The fraction of sp³-hybridized carbons (Fsp3) is 0.391. The molecule has 2 aromatic heterocycles. The lowest BCUT2D eigenvalue weighted by molar-refractivity contribution is -0.118. The van der Waals surface area contributed by atoms with Gasteiger partial charge in [-0.1, -0.05) is 18.2 Å². The van der Waals surface area contributed by atoms with Crippen molar-refractivity contribution in [3.05, 3.63) is 53.0 Å². The average molecular weight is 406 g/mol. The molecule has 30 heavy (non-hydrogen) atoms. The zero-order chi connectivity index (χ0) is 21.3. The number of ketones is 1. The van der Waals surface area contributed by atoms with Gasteiger partial charge >= 0.3 is 6.01 Å². The quantitative estimate of drug-likeness (QED) is 0.499. The number of aryl methyl sites for hydroxylation is 3. The van der Waals surface area contributed by atoms with Crippen LogP contribution in [-0.2, 0) is 4.79 Å². The van der Waals surface area contributed by atoms with E-state index in [4.69, 9.17) is 4.74 Å². The first kappa shape index (κ1) is 20.1. The summed E-state index contributed by atoms with van der Waals surface area (Å²) in [7, 11) is 0. The number of rotatable bonds is 5. The SMILES string of the molecule is Cc1cc(C)nc(OC2CCC(NC(=O)C(=O)c3c(C)[nH]c4ccccc34)CC2)n1. The summed E-state index contributed by atoms with van der Waals surface area (Å²) in [5.74, 6) is -1.04. The van der Waals surface area contributed by atoms with Crippen LogP contribution in [0.5, 0.6) is 6.01 Å². The molecule has 7 nitrogen and oxygen atoms in total. The lowest BCUT2D eigenvalue weighted by Crippen LogP contribution is -2.42. The molecule has 0 bridgehead atoms. The molecule has 1 aliphatic rings. The van der Waals surface area contributed by atoms with E-state index < -0.39 is 11.7 Å². The predicted octanol–water partition coefficient (Wildman–Crippen LogP) is 3.57. The Balaban J connectivity index is 1.35. The third-order valence-corrected chi connectivity index (χ3v) is 5.57. The number of fused-ring (bicyclic) bond motifs is 1. The Kier molecular flexibility index (Phi) is 5.53. The van der Waals surface area contributed by atoms with Gasteiger partial charge in [-0.3, -0.25) is 9.59 Å². The summed E-state index contributed by atoms with van der Waals surface area (Å²) in [5.41, 5.74) is 3.78. The minimum Gasteiger partial charge on any atom is -0.460 e. The standard InChI is InChI=1S/C23H26N4O3/c1-13-12-14(2)25-23(24-13)30-17-10-8-16(9-11-17)27-22(29)21(28)20-15(3)26-19-7-5-4-6-18(19)20/h4-7,12,16-17,26H,8-11H2,1-3H3,(H,27,29). The minimum atomic E-state index is -0.551. The molecule has 156 valence electrons. The predicted molar refractivity (Wildman–Crippen MR) is 114 cm³/mol. The van der Waals surface area contributed by atoms with Crippen LogP contribution in [0.15, 0.2) is 30.3 Å². The maximum atomic E-state index is 12.8. The number of hydrogen-bond acceptors (Lipinski definition) is 5. The third-order valence-electron chi connectivity index (χ3n) is 5.57. The number of amides is 1. The van der Waals surface area contributed by atoms with Gasteiger partial charge in [0.1, 0.15) is 6.10 Å². The monoisotopic (exact) mass is 406 g/mol. The highest BCUT2D eigenvalue weighted by molar-refractivity contribution is 6.45. The number of aromatic amines is 1. The van der Waals surface area contributed by atoms with Gasteiger partial charge in [-0.05, 0) is 58.6 Å². The molecule has 2 N–H and O–H groups in total. The number of Topliss-reactive ketones (excluding diaryl/α,β-unsaturated/α-hetero) is 1. The third kappa shape index (κ3) is 4.20. The summed E-state index contributed by atoms with van der Waals surface area (Å²) in [6, 6.07) is 9.80. The second-order valence-electron chi connectivity index (χ2n) is 8.00. The fourth-order valence-corrected chi connectivity index (χ4v) is 4.15. The first-order chi connectivity index (χ1) is 14.4. The Bertz CT molecular complexity index is 1080. The average Bonchev–Trinajstić information content (AvgIpc) is 3.03. The van der Waals surface area contributed by atoms with Crippen molar-refractivity contribution in [1.82, 2.24) is 20.3 Å². The van der Waals surface area contributed by atoms with E-state index in [1.165, 1.54) is 0 Å². The maximum Gasteiger partial charge on any atom is 0.317 e. The lowest BCUT2D eigenvalue weighted by atomic mass is 9.92. The molecule has 4 rings (SSSR count). The van der Waals surface area contributed by atoms with Crippen molar-refractivity contribution in [3.63, 3.8) is 0 Å². The van der Waals surface area contributed by atoms with E-state index in [-0.39, 0.29) is 12.1 Å². The van der Waals surface area contributed by atoms with Gasteiger partial charge in [0, 0.05) is 34.0 Å². The van der Waals surface area contributed by atoms with Crippen LogP contribution >= 0.6 is 0 Å². The van der Waals surface area contributed by atoms with Crippen molar-refractivity contribution in [1.29, 1.82) is 0 Å². The molecular weight excluding hydrogens is 380 g/mol. The van der Waals surface area contributed by atoms with Crippen molar-refractivity contribution in [2.75, 3.05) is 0 Å². The Morgan fingerprint density at radius 2 is 1.70 bits per heavy atom. The molecule has 0 spiro atoms. The van der Waals surface area contributed by atoms with Crippen molar-refractivity contribution in [3.8, 4) is 6.01 Å². The molecule has 1 saturated carbocycles. The van der Waals surface area contributed by atoms with Crippen LogP contribution in [0, 0.1) is 20.8 Å². The van der Waals surface area contributed by atoms with Crippen LogP contribution in [0.3, 0.4) is 0 Å². The molecule has 7 heteroatoms. The molecule has 0 aliphatic heterocycles. The largest absolute Gasteiger partial charge is 0.460 e. The van der Waals surface area contributed by atoms with E-state index in [0.29, 0.717) is 17.3 Å². The normalized spacial score (nSPS) is 18.9. The van der Waals surface area contributed by atoms with Gasteiger partial charge in [0.15, 0.2) is 0 Å². The molecule has 0 atom stereocenters. The molecule has 1 aromatic carbocycles. The molecular formula is C23H26N4O3. The maximum absolute atomic E-state index is 12.8. The number of carbonyl (C=O) groups excluding carboxylic acids is 2. The number of carbonyl (C=O) groups is 2. The zero-order valence-electron chi connectivity index (χ0n) is 17.5.